The van der Waals surface area contributed by atoms with Crippen molar-refractivity contribution in [1.82, 2.24) is 14.5 Å². The Morgan fingerprint density at radius 1 is 1.36 bits per heavy atom. The van der Waals surface area contributed by atoms with Crippen molar-refractivity contribution in [2.24, 2.45) is 11.7 Å². The van der Waals surface area contributed by atoms with Crippen molar-refractivity contribution in [2.45, 2.75) is 38.3 Å². The van der Waals surface area contributed by atoms with Gasteiger partial charge in [0.1, 0.15) is 5.52 Å². The number of hydrogen-bond acceptors (Lipinski definition) is 6. The van der Waals surface area contributed by atoms with Crippen LogP contribution in [0.15, 0.2) is 15.8 Å². The van der Waals surface area contributed by atoms with Crippen molar-refractivity contribution in [3.05, 3.63) is 27.0 Å². The van der Waals surface area contributed by atoms with Crippen LogP contribution in [0.2, 0.25) is 0 Å². The number of hydrogen-bond donors (Lipinski definition) is 2. The van der Waals surface area contributed by atoms with Gasteiger partial charge >= 0.3 is 5.69 Å². The quantitative estimate of drug-likeness (QED) is 0.840. The molecule has 2 aromatic heterocycles. The number of nitrogens with one attached hydrogen (secondary N) is 1. The number of anilines is 1. The summed E-state index contributed by atoms with van der Waals surface area (Å²) in [5.74, 6) is 1.57. The Morgan fingerprint density at radius 2 is 2.12 bits per heavy atom. The largest absolute Gasteiger partial charge is 0.491 e. The van der Waals surface area contributed by atoms with Crippen molar-refractivity contribution < 1.29 is 4.74 Å². The molecule has 0 radical (unpaired) electrons. The van der Waals surface area contributed by atoms with Crippen LogP contribution in [0.25, 0.3) is 10.9 Å². The van der Waals surface area contributed by atoms with Gasteiger partial charge in [0.05, 0.1) is 12.5 Å². The van der Waals surface area contributed by atoms with Crippen LogP contribution in [0, 0.1) is 5.92 Å². The topological polar surface area (TPSA) is 106 Å². The van der Waals surface area contributed by atoms with Crippen LogP contribution in [-0.4, -0.2) is 40.8 Å². The Balaban J connectivity index is 1.91. The van der Waals surface area contributed by atoms with Gasteiger partial charge in [-0.1, -0.05) is 0 Å². The van der Waals surface area contributed by atoms with E-state index in [4.69, 9.17) is 10.5 Å². The molecule has 2 aromatic rings. The van der Waals surface area contributed by atoms with Gasteiger partial charge in [0.25, 0.3) is 5.56 Å². The predicted octanol–water partition coefficient (Wildman–Crippen LogP) is 0.602. The summed E-state index contributed by atoms with van der Waals surface area (Å²) in [6.45, 7) is 3.64. The number of ether oxygens (including phenoxy) is 1. The van der Waals surface area contributed by atoms with Crippen molar-refractivity contribution >= 4 is 16.7 Å². The number of nitrogens with two attached hydrogens (primary N) is 1. The summed E-state index contributed by atoms with van der Waals surface area (Å²) < 4.78 is 7.30. The Kier molecular flexibility index (Phi) is 3.79. The third-order valence-corrected chi connectivity index (χ3v) is 5.30. The second-order valence-corrected chi connectivity index (χ2v) is 7.09. The van der Waals surface area contributed by atoms with Gasteiger partial charge in [-0.25, -0.2) is 9.78 Å². The van der Waals surface area contributed by atoms with E-state index >= 15 is 0 Å². The van der Waals surface area contributed by atoms with Crippen LogP contribution in [-0.2, 0) is 0 Å². The summed E-state index contributed by atoms with van der Waals surface area (Å²) in [6, 6.07) is 0.232. The first-order valence-corrected chi connectivity index (χ1v) is 8.73. The first kappa shape index (κ1) is 16.1. The van der Waals surface area contributed by atoms with Gasteiger partial charge in [-0.05, 0) is 32.1 Å². The molecule has 134 valence electrons. The Bertz CT molecular complexity index is 928. The van der Waals surface area contributed by atoms with E-state index in [0.717, 1.165) is 32.4 Å². The summed E-state index contributed by atoms with van der Waals surface area (Å²) in [5, 5.41) is 0.384. The third-order valence-electron chi connectivity index (χ3n) is 5.30. The normalized spacial score (nSPS) is 21.7. The molecule has 4 rings (SSSR count). The van der Waals surface area contributed by atoms with Gasteiger partial charge in [0, 0.05) is 31.4 Å². The van der Waals surface area contributed by atoms with Crippen LogP contribution >= 0.6 is 0 Å². The van der Waals surface area contributed by atoms with Crippen molar-refractivity contribution in [3.63, 3.8) is 0 Å². The van der Waals surface area contributed by atoms with E-state index in [1.807, 2.05) is 6.92 Å². The van der Waals surface area contributed by atoms with E-state index in [-0.39, 0.29) is 17.8 Å². The predicted molar refractivity (Wildman–Crippen MR) is 95.4 cm³/mol. The van der Waals surface area contributed by atoms with Gasteiger partial charge in [0.2, 0.25) is 0 Å². The third kappa shape index (κ3) is 2.60. The number of aromatic nitrogens is 3. The Labute approximate surface area is 144 Å². The summed E-state index contributed by atoms with van der Waals surface area (Å²) >= 11 is 0. The van der Waals surface area contributed by atoms with Gasteiger partial charge in [-0.2, -0.15) is 0 Å². The lowest BCUT2D eigenvalue weighted by Crippen LogP contribution is -2.32. The summed E-state index contributed by atoms with van der Waals surface area (Å²) in [5.41, 5.74) is 5.78. The highest BCUT2D eigenvalue weighted by Crippen LogP contribution is 2.40. The smallest absolute Gasteiger partial charge is 0.329 e. The highest BCUT2D eigenvalue weighted by atomic mass is 16.5. The maximum Gasteiger partial charge on any atom is 0.329 e. The molecule has 1 aliphatic heterocycles. The van der Waals surface area contributed by atoms with Crippen LogP contribution in [0.4, 0.5) is 5.82 Å². The number of methoxy groups -OCH3 is 1. The molecule has 2 atom stereocenters. The average Bonchev–Trinajstić information content (AvgIpc) is 3.28. The number of rotatable bonds is 4. The van der Waals surface area contributed by atoms with Crippen molar-refractivity contribution in [2.75, 3.05) is 25.1 Å². The minimum Gasteiger partial charge on any atom is -0.491 e. The fourth-order valence-corrected chi connectivity index (χ4v) is 3.71. The van der Waals surface area contributed by atoms with E-state index in [1.165, 1.54) is 0 Å². The maximum absolute atomic E-state index is 12.4. The molecule has 1 saturated carbocycles. The monoisotopic (exact) mass is 345 g/mol. The number of H-pyrrole nitrogens is 1. The van der Waals surface area contributed by atoms with Crippen LogP contribution in [0.5, 0.6) is 5.75 Å². The highest BCUT2D eigenvalue weighted by molar-refractivity contribution is 5.88. The molecule has 2 unspecified atom stereocenters. The SMILES string of the molecule is COc1c(N2CCC(C(C)N)C2)ncc2c(=O)[nH]c(=O)n(C3CC3)c12. The second-order valence-electron chi connectivity index (χ2n) is 7.09. The fraction of sp³-hybridized carbons (Fsp3) is 0.588. The Hall–Kier alpha value is -2.35. The van der Waals surface area contributed by atoms with E-state index < -0.39 is 5.56 Å². The highest BCUT2D eigenvalue weighted by Gasteiger charge is 2.32. The van der Waals surface area contributed by atoms with Gasteiger partial charge < -0.3 is 15.4 Å². The second kappa shape index (κ2) is 5.87. The first-order valence-electron chi connectivity index (χ1n) is 8.73. The number of pyridine rings is 1. The standard InChI is InChI=1S/C17H23N5O3/c1-9(18)10-5-6-21(8-10)15-14(25-2)13-12(7-19-15)16(23)20-17(24)22(13)11-3-4-11/h7,9-11H,3-6,8,18H2,1-2H3,(H,20,23,24). The lowest BCUT2D eigenvalue weighted by atomic mass is 10.0. The summed E-state index contributed by atoms with van der Waals surface area (Å²) in [4.78, 5) is 33.6. The summed E-state index contributed by atoms with van der Waals surface area (Å²) in [7, 11) is 1.56. The molecule has 1 saturated heterocycles. The number of nitrogens with zero attached hydrogens (tertiary/aromatic N) is 3. The van der Waals surface area contributed by atoms with Crippen LogP contribution in [0.3, 0.4) is 0 Å². The lowest BCUT2D eigenvalue weighted by molar-refractivity contribution is 0.414. The molecular formula is C17H23N5O3. The number of fused-ring (bicyclic) bond motifs is 1. The number of aromatic amines is 1. The van der Waals surface area contributed by atoms with E-state index in [0.29, 0.717) is 28.4 Å². The first-order chi connectivity index (χ1) is 12.0. The molecule has 25 heavy (non-hydrogen) atoms. The molecule has 8 heteroatoms. The molecule has 3 N–H and O–H groups in total. The maximum atomic E-state index is 12.4. The molecule has 0 bridgehead atoms. The van der Waals surface area contributed by atoms with Crippen molar-refractivity contribution in [3.8, 4) is 5.75 Å². The van der Waals surface area contributed by atoms with E-state index in [2.05, 4.69) is 14.9 Å². The molecule has 3 heterocycles. The van der Waals surface area contributed by atoms with E-state index in [9.17, 15) is 9.59 Å². The molecule has 0 amide bonds. The van der Waals surface area contributed by atoms with Gasteiger partial charge in [-0.3, -0.25) is 14.3 Å². The Morgan fingerprint density at radius 3 is 2.72 bits per heavy atom. The molecule has 2 aliphatic rings. The van der Waals surface area contributed by atoms with Gasteiger partial charge in [0.15, 0.2) is 11.6 Å². The van der Waals surface area contributed by atoms with Crippen molar-refractivity contribution in [1.29, 1.82) is 0 Å². The lowest BCUT2D eigenvalue weighted by Gasteiger charge is -2.22. The molecular weight excluding hydrogens is 322 g/mol. The average molecular weight is 345 g/mol. The molecule has 8 nitrogen and oxygen atoms in total. The molecule has 2 fully saturated rings. The fourth-order valence-electron chi connectivity index (χ4n) is 3.71. The minimum atomic E-state index is -0.427. The molecule has 1 aliphatic carbocycles. The van der Waals surface area contributed by atoms with E-state index in [1.54, 1.807) is 17.9 Å². The molecule has 0 aromatic carbocycles. The van der Waals surface area contributed by atoms with Gasteiger partial charge in [-0.15, -0.1) is 0 Å². The van der Waals surface area contributed by atoms with Crippen LogP contribution in [0.1, 0.15) is 32.2 Å². The zero-order chi connectivity index (χ0) is 17.7. The zero-order valence-corrected chi connectivity index (χ0v) is 14.5. The molecule has 0 spiro atoms. The zero-order valence-electron chi connectivity index (χ0n) is 14.5. The van der Waals surface area contributed by atoms with Crippen LogP contribution < -0.4 is 26.6 Å². The minimum absolute atomic E-state index is 0.115. The summed E-state index contributed by atoms with van der Waals surface area (Å²) in [6.07, 6.45) is 4.39.